The van der Waals surface area contributed by atoms with E-state index in [4.69, 9.17) is 4.74 Å². The average molecular weight is 371 g/mol. The molecule has 1 unspecified atom stereocenters. The number of hydrogen-bond acceptors (Lipinski definition) is 6. The SMILES string of the molecule is Cn1cnc(C(=O)N2CCc3c(nnn3CC3CC3)C2COCC2CC2)n1. The summed E-state index contributed by atoms with van der Waals surface area (Å²) in [4.78, 5) is 19.0. The van der Waals surface area contributed by atoms with E-state index >= 15 is 0 Å². The summed E-state index contributed by atoms with van der Waals surface area (Å²) in [5, 5.41) is 13.0. The van der Waals surface area contributed by atoms with Crippen LogP contribution < -0.4 is 0 Å². The molecule has 0 spiro atoms. The second-order valence-electron chi connectivity index (χ2n) is 8.03. The molecule has 2 aromatic rings. The van der Waals surface area contributed by atoms with E-state index in [1.165, 1.54) is 25.7 Å². The molecule has 1 aliphatic heterocycles. The minimum atomic E-state index is -0.225. The van der Waals surface area contributed by atoms with Gasteiger partial charge in [0.2, 0.25) is 5.82 Å². The van der Waals surface area contributed by atoms with E-state index in [0.717, 1.165) is 36.9 Å². The predicted molar refractivity (Wildman–Crippen MR) is 94.8 cm³/mol. The van der Waals surface area contributed by atoms with Crippen LogP contribution in [0.25, 0.3) is 0 Å². The number of hydrogen-bond donors (Lipinski definition) is 0. The van der Waals surface area contributed by atoms with Crippen LogP contribution in [0.1, 0.15) is 53.7 Å². The first-order valence-electron chi connectivity index (χ1n) is 9.85. The maximum atomic E-state index is 13.0. The third-order valence-corrected chi connectivity index (χ3v) is 5.66. The Morgan fingerprint density at radius 2 is 2.04 bits per heavy atom. The molecule has 0 bridgehead atoms. The second-order valence-corrected chi connectivity index (χ2v) is 8.03. The molecule has 27 heavy (non-hydrogen) atoms. The van der Waals surface area contributed by atoms with Gasteiger partial charge in [-0.15, -0.1) is 10.2 Å². The van der Waals surface area contributed by atoms with Gasteiger partial charge in [-0.05, 0) is 37.5 Å². The van der Waals surface area contributed by atoms with Gasteiger partial charge in [0.05, 0.1) is 12.3 Å². The molecule has 0 radical (unpaired) electrons. The lowest BCUT2D eigenvalue weighted by molar-refractivity contribution is 0.0346. The van der Waals surface area contributed by atoms with Crippen LogP contribution in [-0.2, 0) is 24.8 Å². The minimum Gasteiger partial charge on any atom is -0.379 e. The van der Waals surface area contributed by atoms with E-state index in [1.807, 2.05) is 4.68 Å². The fourth-order valence-electron chi connectivity index (χ4n) is 3.69. The first-order valence-corrected chi connectivity index (χ1v) is 9.85. The zero-order valence-corrected chi connectivity index (χ0v) is 15.6. The molecule has 3 aliphatic rings. The van der Waals surface area contributed by atoms with Crippen LogP contribution in [0.5, 0.6) is 0 Å². The van der Waals surface area contributed by atoms with Crippen LogP contribution in [0.3, 0.4) is 0 Å². The summed E-state index contributed by atoms with van der Waals surface area (Å²) in [5.74, 6) is 1.47. The quantitative estimate of drug-likeness (QED) is 0.721. The molecular weight excluding hydrogens is 346 g/mol. The number of carbonyl (C=O) groups excluding carboxylic acids is 1. The smallest absolute Gasteiger partial charge is 0.294 e. The zero-order chi connectivity index (χ0) is 18.4. The molecule has 2 saturated carbocycles. The topological polar surface area (TPSA) is 91.0 Å². The number of rotatable bonds is 7. The third-order valence-electron chi connectivity index (χ3n) is 5.66. The van der Waals surface area contributed by atoms with Gasteiger partial charge in [0.15, 0.2) is 0 Å². The van der Waals surface area contributed by atoms with Crippen LogP contribution in [0.2, 0.25) is 0 Å². The van der Waals surface area contributed by atoms with Gasteiger partial charge in [-0.1, -0.05) is 5.21 Å². The van der Waals surface area contributed by atoms with Gasteiger partial charge in [0, 0.05) is 33.2 Å². The van der Waals surface area contributed by atoms with Crippen LogP contribution in [0.4, 0.5) is 0 Å². The molecule has 0 aromatic carbocycles. The highest BCUT2D eigenvalue weighted by atomic mass is 16.5. The highest BCUT2D eigenvalue weighted by Crippen LogP contribution is 2.34. The Morgan fingerprint density at radius 3 is 2.74 bits per heavy atom. The predicted octanol–water partition coefficient (Wildman–Crippen LogP) is 0.983. The Bertz CT molecular complexity index is 837. The maximum Gasteiger partial charge on any atom is 0.294 e. The van der Waals surface area contributed by atoms with E-state index in [2.05, 4.69) is 20.4 Å². The summed E-state index contributed by atoms with van der Waals surface area (Å²) in [5.41, 5.74) is 2.03. The van der Waals surface area contributed by atoms with Crippen molar-refractivity contribution in [3.63, 3.8) is 0 Å². The normalized spacial score (nSPS) is 22.1. The molecule has 1 amide bonds. The standard InChI is InChI=1S/C18H25N7O2/c1-23-11-19-17(21-23)18(26)24-7-6-14-16(15(24)10-27-9-13-4-5-13)20-22-25(14)8-12-2-3-12/h11-13,15H,2-10H2,1H3. The fraction of sp³-hybridized carbons (Fsp3) is 0.722. The molecule has 144 valence electrons. The number of nitrogens with zero attached hydrogens (tertiary/aromatic N) is 7. The average Bonchev–Trinajstić information content (AvgIpc) is 3.57. The molecule has 5 rings (SSSR count). The van der Waals surface area contributed by atoms with Crippen LogP contribution in [0, 0.1) is 11.8 Å². The molecule has 3 heterocycles. The Labute approximate surface area is 157 Å². The van der Waals surface area contributed by atoms with Crippen molar-refractivity contribution in [1.82, 2.24) is 34.7 Å². The lowest BCUT2D eigenvalue weighted by Crippen LogP contribution is -2.43. The highest BCUT2D eigenvalue weighted by molar-refractivity contribution is 5.90. The van der Waals surface area contributed by atoms with Gasteiger partial charge in [0.1, 0.15) is 18.1 Å². The van der Waals surface area contributed by atoms with Gasteiger partial charge in [0.25, 0.3) is 5.91 Å². The number of amides is 1. The molecule has 9 heteroatoms. The largest absolute Gasteiger partial charge is 0.379 e. The van der Waals surface area contributed by atoms with Crippen LogP contribution in [0.15, 0.2) is 6.33 Å². The van der Waals surface area contributed by atoms with Crippen molar-refractivity contribution in [3.8, 4) is 0 Å². The first kappa shape index (κ1) is 16.9. The van der Waals surface area contributed by atoms with Gasteiger partial charge in [-0.3, -0.25) is 9.48 Å². The summed E-state index contributed by atoms with van der Waals surface area (Å²) in [7, 11) is 1.76. The summed E-state index contributed by atoms with van der Waals surface area (Å²) in [6.07, 6.45) is 7.35. The van der Waals surface area contributed by atoms with E-state index < -0.39 is 0 Å². The van der Waals surface area contributed by atoms with Crippen molar-refractivity contribution >= 4 is 5.91 Å². The molecule has 2 aliphatic carbocycles. The van der Waals surface area contributed by atoms with E-state index in [9.17, 15) is 4.79 Å². The molecule has 9 nitrogen and oxygen atoms in total. The number of carbonyl (C=O) groups is 1. The molecule has 1 atom stereocenters. The molecule has 2 aromatic heterocycles. The number of ether oxygens (including phenoxy) is 1. The maximum absolute atomic E-state index is 13.0. The molecule has 0 saturated heterocycles. The molecule has 0 N–H and O–H groups in total. The highest BCUT2D eigenvalue weighted by Gasteiger charge is 2.38. The van der Waals surface area contributed by atoms with E-state index in [0.29, 0.717) is 19.1 Å². The second kappa shape index (κ2) is 6.70. The monoisotopic (exact) mass is 371 g/mol. The van der Waals surface area contributed by atoms with Gasteiger partial charge in [-0.2, -0.15) is 0 Å². The first-order chi connectivity index (χ1) is 13.2. The van der Waals surface area contributed by atoms with Crippen molar-refractivity contribution < 1.29 is 9.53 Å². The van der Waals surface area contributed by atoms with E-state index in [-0.39, 0.29) is 17.8 Å². The Kier molecular flexibility index (Phi) is 4.18. The molecular formula is C18H25N7O2. The van der Waals surface area contributed by atoms with Crippen LogP contribution in [-0.4, -0.2) is 60.3 Å². The number of aromatic nitrogens is 6. The van der Waals surface area contributed by atoms with Crippen molar-refractivity contribution in [2.75, 3.05) is 19.8 Å². The molecule has 2 fully saturated rings. The fourth-order valence-corrected chi connectivity index (χ4v) is 3.69. The van der Waals surface area contributed by atoms with Crippen LogP contribution >= 0.6 is 0 Å². The summed E-state index contributed by atoms with van der Waals surface area (Å²) in [6.45, 7) is 2.75. The number of fused-ring (bicyclic) bond motifs is 1. The van der Waals surface area contributed by atoms with Crippen molar-refractivity contribution in [1.29, 1.82) is 0 Å². The summed E-state index contributed by atoms with van der Waals surface area (Å²) >= 11 is 0. The lowest BCUT2D eigenvalue weighted by atomic mass is 10.0. The summed E-state index contributed by atoms with van der Waals surface area (Å²) in [6, 6.07) is -0.225. The Hall–Kier alpha value is -2.29. The minimum absolute atomic E-state index is 0.169. The van der Waals surface area contributed by atoms with Crippen molar-refractivity contribution in [2.45, 2.75) is 44.7 Å². The Morgan fingerprint density at radius 1 is 1.22 bits per heavy atom. The summed E-state index contributed by atoms with van der Waals surface area (Å²) < 4.78 is 9.55. The Balaban J connectivity index is 1.39. The van der Waals surface area contributed by atoms with Gasteiger partial charge >= 0.3 is 0 Å². The van der Waals surface area contributed by atoms with E-state index in [1.54, 1.807) is 23.0 Å². The van der Waals surface area contributed by atoms with Crippen molar-refractivity contribution in [2.24, 2.45) is 18.9 Å². The van der Waals surface area contributed by atoms with Crippen molar-refractivity contribution in [3.05, 3.63) is 23.5 Å². The zero-order valence-electron chi connectivity index (χ0n) is 15.6. The number of aryl methyl sites for hydroxylation is 1. The van der Waals surface area contributed by atoms with Gasteiger partial charge < -0.3 is 9.64 Å². The lowest BCUT2D eigenvalue weighted by Gasteiger charge is -2.34. The van der Waals surface area contributed by atoms with Gasteiger partial charge in [-0.25, -0.2) is 9.67 Å². The third kappa shape index (κ3) is 3.47.